The molecule has 0 aliphatic rings. The molecule has 0 radical (unpaired) electrons. The molecule has 1 unspecified atom stereocenters. The summed E-state index contributed by atoms with van der Waals surface area (Å²) in [6, 6.07) is 11.3. The van der Waals surface area contributed by atoms with Gasteiger partial charge in [0.1, 0.15) is 28.4 Å². The van der Waals surface area contributed by atoms with Crippen LogP contribution in [0, 0.1) is 0 Å². The van der Waals surface area contributed by atoms with Crippen molar-refractivity contribution in [1.82, 2.24) is 15.3 Å². The number of nitrogens with one attached hydrogen (secondary N) is 3. The number of carbonyl (C=O) groups excluding carboxylic acids is 3. The first kappa shape index (κ1) is 34.1. The molecule has 236 valence electrons. The van der Waals surface area contributed by atoms with Gasteiger partial charge in [-0.25, -0.2) is 14.8 Å². The number of aliphatic hydroxyl groups is 1. The van der Waals surface area contributed by atoms with Gasteiger partial charge in [-0.05, 0) is 87.7 Å². The highest BCUT2D eigenvalue weighted by Gasteiger charge is 2.31. The second-order valence-corrected chi connectivity index (χ2v) is 11.3. The van der Waals surface area contributed by atoms with Crippen LogP contribution in [0.4, 0.5) is 29.5 Å². The first-order valence-electron chi connectivity index (χ1n) is 13.3. The number of aliphatic hydroxyl groups excluding tert-OH is 1. The van der Waals surface area contributed by atoms with Crippen molar-refractivity contribution >= 4 is 41.2 Å². The molecule has 3 amide bonds. The molecule has 11 nitrogen and oxygen atoms in total. The Kier molecular flexibility index (Phi) is 11.9. The number of halogens is 3. The fraction of sp³-hybridized carbons (Fsp3) is 0.345. The second kappa shape index (κ2) is 15.4. The van der Waals surface area contributed by atoms with Crippen LogP contribution in [0.25, 0.3) is 0 Å². The Morgan fingerprint density at radius 1 is 1.00 bits per heavy atom. The van der Waals surface area contributed by atoms with Crippen LogP contribution in [-0.4, -0.2) is 51.2 Å². The number of rotatable bonds is 12. The number of hydrogen-bond donors (Lipinski definition) is 4. The topological polar surface area (TPSA) is 152 Å². The number of aromatic nitrogens is 2. The largest absolute Gasteiger partial charge is 0.573 e. The summed E-state index contributed by atoms with van der Waals surface area (Å²) < 4.78 is 46.1. The van der Waals surface area contributed by atoms with E-state index in [0.29, 0.717) is 23.0 Å². The van der Waals surface area contributed by atoms with Crippen LogP contribution in [0.3, 0.4) is 0 Å². The van der Waals surface area contributed by atoms with Gasteiger partial charge >= 0.3 is 12.5 Å². The Hall–Kier alpha value is -4.37. The average molecular weight is 636 g/mol. The third kappa shape index (κ3) is 12.5. The van der Waals surface area contributed by atoms with E-state index in [-0.39, 0.29) is 30.0 Å². The first-order valence-corrected chi connectivity index (χ1v) is 14.3. The number of ether oxygens (including phenoxy) is 2. The molecule has 15 heteroatoms. The molecule has 2 heterocycles. The van der Waals surface area contributed by atoms with E-state index >= 15 is 0 Å². The van der Waals surface area contributed by atoms with Gasteiger partial charge in [-0.1, -0.05) is 0 Å². The highest BCUT2D eigenvalue weighted by Crippen LogP contribution is 2.27. The van der Waals surface area contributed by atoms with Gasteiger partial charge in [-0.2, -0.15) is 0 Å². The lowest BCUT2D eigenvalue weighted by molar-refractivity contribution is -0.274. The quantitative estimate of drug-likeness (QED) is 0.141. The molecular weight excluding hydrogens is 603 g/mol. The molecule has 2 aromatic heterocycles. The molecule has 0 aliphatic heterocycles. The number of nitrogens with zero attached hydrogens (tertiary/aromatic N) is 2. The van der Waals surface area contributed by atoms with E-state index in [1.54, 1.807) is 45.0 Å². The number of thioether (sulfide) groups is 1. The molecule has 0 spiro atoms. The second-order valence-electron chi connectivity index (χ2n) is 10.3. The van der Waals surface area contributed by atoms with Crippen LogP contribution >= 0.6 is 11.8 Å². The summed E-state index contributed by atoms with van der Waals surface area (Å²) in [4.78, 5) is 45.4. The smallest absolute Gasteiger partial charge is 0.444 e. The van der Waals surface area contributed by atoms with Gasteiger partial charge in [0.05, 0.1) is 5.56 Å². The Bertz CT molecular complexity index is 1430. The lowest BCUT2D eigenvalue weighted by atomic mass is 10.2. The number of pyridine rings is 2. The van der Waals surface area contributed by atoms with Gasteiger partial charge < -0.3 is 25.2 Å². The molecule has 0 saturated heterocycles. The Labute approximate surface area is 256 Å². The molecular formula is C29H32F3N5O6S. The van der Waals surface area contributed by atoms with Gasteiger partial charge in [0.2, 0.25) is 5.91 Å². The normalized spacial score (nSPS) is 12.2. The summed E-state index contributed by atoms with van der Waals surface area (Å²) in [6.45, 7) is 5.11. The maximum Gasteiger partial charge on any atom is 0.573 e. The summed E-state index contributed by atoms with van der Waals surface area (Å²) in [5, 5.41) is 18.0. The molecule has 4 N–H and O–H groups in total. The molecule has 0 aliphatic carbocycles. The van der Waals surface area contributed by atoms with Crippen LogP contribution in [-0.2, 0) is 15.3 Å². The van der Waals surface area contributed by atoms with E-state index in [1.165, 1.54) is 36.3 Å². The third-order valence-electron chi connectivity index (χ3n) is 5.39. The van der Waals surface area contributed by atoms with E-state index in [2.05, 4.69) is 30.7 Å². The molecule has 1 atom stereocenters. The fourth-order valence-electron chi connectivity index (χ4n) is 3.58. The molecule has 3 aromatic rings. The Balaban J connectivity index is 1.50. The zero-order chi connectivity index (χ0) is 32.3. The molecule has 3 rings (SSSR count). The maximum atomic E-state index is 12.9. The van der Waals surface area contributed by atoms with Crippen molar-refractivity contribution in [2.75, 3.05) is 10.6 Å². The summed E-state index contributed by atoms with van der Waals surface area (Å²) in [6.07, 6.45) is -3.14. The number of alkyl halides is 3. The summed E-state index contributed by atoms with van der Waals surface area (Å²) >= 11 is 1.27. The highest BCUT2D eigenvalue weighted by molar-refractivity contribution is 7.98. The predicted octanol–water partition coefficient (Wildman–Crippen LogP) is 5.87. The summed E-state index contributed by atoms with van der Waals surface area (Å²) in [5.41, 5.74) is 0.621. The van der Waals surface area contributed by atoms with Crippen molar-refractivity contribution in [3.05, 3.63) is 72.1 Å². The van der Waals surface area contributed by atoms with Gasteiger partial charge in [0.15, 0.2) is 0 Å². The standard InChI is InChI=1S/C29H32F3N5O6S/c1-28(2,3)43-27(41)37-24(39)8-4-7-23(38)36-22-16-18(13-15-33-22)17-44-26-21(6-5-14-34-26)25(40)35-19-9-11-20(12-10-19)42-29(30,31)32/h5-6,9-16,24,39H,4,7-8,17H2,1-3H3,(H,35,40)(H,37,41)(H,33,36,38). The van der Waals surface area contributed by atoms with Crippen LogP contribution in [0.1, 0.15) is 56.0 Å². The van der Waals surface area contributed by atoms with Crippen LogP contribution in [0.15, 0.2) is 66.0 Å². The van der Waals surface area contributed by atoms with E-state index in [0.717, 1.165) is 17.7 Å². The molecule has 0 saturated carbocycles. The lowest BCUT2D eigenvalue weighted by Gasteiger charge is -2.21. The Morgan fingerprint density at radius 2 is 1.73 bits per heavy atom. The molecule has 0 fully saturated rings. The predicted molar refractivity (Wildman–Crippen MR) is 157 cm³/mol. The highest BCUT2D eigenvalue weighted by atomic mass is 32.2. The molecule has 44 heavy (non-hydrogen) atoms. The zero-order valence-electron chi connectivity index (χ0n) is 24.1. The van der Waals surface area contributed by atoms with E-state index in [1.807, 2.05) is 0 Å². The van der Waals surface area contributed by atoms with Crippen molar-refractivity contribution in [3.8, 4) is 5.75 Å². The van der Waals surface area contributed by atoms with Gasteiger partial charge in [-0.3, -0.25) is 14.9 Å². The average Bonchev–Trinajstić information content (AvgIpc) is 2.91. The van der Waals surface area contributed by atoms with Crippen LogP contribution in [0.2, 0.25) is 0 Å². The van der Waals surface area contributed by atoms with Crippen LogP contribution < -0.4 is 20.7 Å². The van der Waals surface area contributed by atoms with Gasteiger partial charge in [0.25, 0.3) is 5.91 Å². The van der Waals surface area contributed by atoms with Gasteiger partial charge in [-0.15, -0.1) is 24.9 Å². The summed E-state index contributed by atoms with van der Waals surface area (Å²) in [5.74, 6) is -0.535. The minimum Gasteiger partial charge on any atom is -0.444 e. The molecule has 0 bridgehead atoms. The number of alkyl carbamates (subject to hydrolysis) is 1. The van der Waals surface area contributed by atoms with Crippen molar-refractivity contribution in [1.29, 1.82) is 0 Å². The Morgan fingerprint density at radius 3 is 2.41 bits per heavy atom. The minimum atomic E-state index is -4.82. The van der Waals surface area contributed by atoms with E-state index in [4.69, 9.17) is 4.74 Å². The van der Waals surface area contributed by atoms with E-state index < -0.39 is 35.9 Å². The third-order valence-corrected chi connectivity index (χ3v) is 6.47. The van der Waals surface area contributed by atoms with Crippen molar-refractivity contribution in [2.24, 2.45) is 0 Å². The first-order chi connectivity index (χ1) is 20.7. The minimum absolute atomic E-state index is 0.0816. The molecule has 1 aromatic carbocycles. The number of benzene rings is 1. The van der Waals surface area contributed by atoms with E-state index in [9.17, 15) is 32.7 Å². The summed E-state index contributed by atoms with van der Waals surface area (Å²) in [7, 11) is 0. The monoisotopic (exact) mass is 635 g/mol. The number of carbonyl (C=O) groups is 3. The van der Waals surface area contributed by atoms with Gasteiger partial charge in [0, 0.05) is 30.3 Å². The van der Waals surface area contributed by atoms with Crippen molar-refractivity contribution in [3.63, 3.8) is 0 Å². The zero-order valence-corrected chi connectivity index (χ0v) is 24.9. The lowest BCUT2D eigenvalue weighted by Crippen LogP contribution is -2.39. The SMILES string of the molecule is CC(C)(C)OC(=O)NC(O)CCCC(=O)Nc1cc(CSc2ncccc2C(=O)Nc2ccc(OC(F)(F)F)cc2)ccn1. The maximum absolute atomic E-state index is 12.9. The number of hydrogen-bond acceptors (Lipinski definition) is 9. The fourth-order valence-corrected chi connectivity index (χ4v) is 4.51. The number of amides is 3. The van der Waals surface area contributed by atoms with Crippen molar-refractivity contribution in [2.45, 2.75) is 69.0 Å². The number of anilines is 2. The van der Waals surface area contributed by atoms with Crippen LogP contribution in [0.5, 0.6) is 5.75 Å². The van der Waals surface area contributed by atoms with Crippen molar-refractivity contribution < 1.29 is 42.1 Å².